The lowest BCUT2D eigenvalue weighted by Crippen LogP contribution is -2.39. The van der Waals surface area contributed by atoms with E-state index in [0.717, 1.165) is 23.1 Å². The number of ether oxygens (including phenoxy) is 1. The van der Waals surface area contributed by atoms with Crippen molar-refractivity contribution in [1.29, 1.82) is 0 Å². The Bertz CT molecular complexity index is 771. The minimum atomic E-state index is -0.481. The van der Waals surface area contributed by atoms with Crippen molar-refractivity contribution in [3.8, 4) is 5.75 Å². The molecule has 0 bridgehead atoms. The lowest BCUT2D eigenvalue weighted by molar-refractivity contribution is 0.0270. The molecule has 0 saturated carbocycles. The number of carbonyl (C=O) groups excluding carboxylic acids is 1. The zero-order chi connectivity index (χ0) is 16.6. The van der Waals surface area contributed by atoms with Gasteiger partial charge in [-0.25, -0.2) is 9.31 Å². The first-order chi connectivity index (χ1) is 10.8. The Balaban J connectivity index is 1.77. The van der Waals surface area contributed by atoms with Crippen molar-refractivity contribution in [3.63, 3.8) is 0 Å². The molecule has 0 spiro atoms. The van der Waals surface area contributed by atoms with Crippen LogP contribution in [0.4, 0.5) is 4.79 Å². The van der Waals surface area contributed by atoms with Gasteiger partial charge >= 0.3 is 6.09 Å². The van der Waals surface area contributed by atoms with Crippen molar-refractivity contribution in [2.75, 3.05) is 13.1 Å². The zero-order valence-corrected chi connectivity index (χ0v) is 13.6. The molecule has 0 aliphatic carbocycles. The van der Waals surface area contributed by atoms with Crippen LogP contribution in [0.15, 0.2) is 30.6 Å². The molecule has 6 heteroatoms. The average molecular weight is 315 g/mol. The third-order valence-corrected chi connectivity index (χ3v) is 3.71. The second-order valence-electron chi connectivity index (χ2n) is 6.68. The summed E-state index contributed by atoms with van der Waals surface area (Å²) in [6, 6.07) is 3.50. The lowest BCUT2D eigenvalue weighted by atomic mass is 10.0. The maximum atomic E-state index is 12.1. The Kier molecular flexibility index (Phi) is 3.75. The normalized spacial score (nSPS) is 15.6. The van der Waals surface area contributed by atoms with Crippen molar-refractivity contribution in [2.45, 2.75) is 32.8 Å². The number of pyridine rings is 1. The molecule has 122 valence electrons. The van der Waals surface area contributed by atoms with Crippen molar-refractivity contribution in [1.82, 2.24) is 14.5 Å². The Morgan fingerprint density at radius 3 is 2.78 bits per heavy atom. The summed E-state index contributed by atoms with van der Waals surface area (Å²) in [7, 11) is 0. The summed E-state index contributed by atoms with van der Waals surface area (Å²) in [6.07, 6.45) is 5.88. The van der Waals surface area contributed by atoms with E-state index < -0.39 is 5.60 Å². The predicted molar refractivity (Wildman–Crippen MR) is 87.3 cm³/mol. The molecule has 1 aliphatic rings. The molecular weight excluding hydrogens is 294 g/mol. The van der Waals surface area contributed by atoms with E-state index in [1.807, 2.05) is 32.9 Å². The highest BCUT2D eigenvalue weighted by atomic mass is 16.6. The molecule has 0 fully saturated rings. The average Bonchev–Trinajstić information content (AvgIpc) is 2.88. The largest absolute Gasteiger partial charge is 0.506 e. The number of hydrogen-bond donors (Lipinski definition) is 1. The Morgan fingerprint density at radius 2 is 2.13 bits per heavy atom. The van der Waals surface area contributed by atoms with Gasteiger partial charge in [-0.1, -0.05) is 6.08 Å². The molecule has 3 heterocycles. The van der Waals surface area contributed by atoms with Crippen molar-refractivity contribution >= 4 is 17.2 Å². The molecule has 1 aliphatic heterocycles. The first-order valence-corrected chi connectivity index (χ1v) is 7.67. The van der Waals surface area contributed by atoms with Crippen LogP contribution in [0.3, 0.4) is 0 Å². The number of aromatic nitrogens is 2. The summed E-state index contributed by atoms with van der Waals surface area (Å²) in [6.45, 7) is 6.75. The zero-order valence-electron chi connectivity index (χ0n) is 13.6. The van der Waals surface area contributed by atoms with Crippen molar-refractivity contribution in [2.24, 2.45) is 0 Å². The molecule has 1 N–H and O–H groups in total. The fourth-order valence-electron chi connectivity index (χ4n) is 2.63. The fraction of sp³-hybridized carbons (Fsp3) is 0.412. The summed E-state index contributed by atoms with van der Waals surface area (Å²) >= 11 is 0. The van der Waals surface area contributed by atoms with Gasteiger partial charge < -0.3 is 14.7 Å². The van der Waals surface area contributed by atoms with Gasteiger partial charge in [-0.05, 0) is 44.9 Å². The Hall–Kier alpha value is -2.50. The molecule has 0 aromatic carbocycles. The van der Waals surface area contributed by atoms with Crippen molar-refractivity contribution < 1.29 is 14.6 Å². The summed E-state index contributed by atoms with van der Waals surface area (Å²) in [4.78, 5) is 13.8. The molecule has 0 atom stereocenters. The van der Waals surface area contributed by atoms with E-state index >= 15 is 0 Å². The van der Waals surface area contributed by atoms with Crippen LogP contribution in [0.25, 0.3) is 11.1 Å². The van der Waals surface area contributed by atoms with Gasteiger partial charge in [0, 0.05) is 18.7 Å². The first-order valence-electron chi connectivity index (χ1n) is 7.67. The third-order valence-electron chi connectivity index (χ3n) is 3.71. The molecule has 1 amide bonds. The van der Waals surface area contributed by atoms with Crippen molar-refractivity contribution in [3.05, 3.63) is 36.2 Å². The third kappa shape index (κ3) is 3.31. The maximum absolute atomic E-state index is 12.1. The monoisotopic (exact) mass is 315 g/mol. The molecule has 6 nitrogen and oxygen atoms in total. The van der Waals surface area contributed by atoms with Gasteiger partial charge in [0.25, 0.3) is 0 Å². The Labute approximate surface area is 135 Å². The number of aromatic hydroxyl groups is 1. The van der Waals surface area contributed by atoms with Crippen LogP contribution in [-0.4, -0.2) is 44.4 Å². The number of amides is 1. The van der Waals surface area contributed by atoms with Gasteiger partial charge in [0.15, 0.2) is 0 Å². The quantitative estimate of drug-likeness (QED) is 0.878. The van der Waals surface area contributed by atoms with E-state index in [1.54, 1.807) is 27.9 Å². The lowest BCUT2D eigenvalue weighted by Gasteiger charge is -2.29. The van der Waals surface area contributed by atoms with E-state index in [0.29, 0.717) is 13.1 Å². The summed E-state index contributed by atoms with van der Waals surface area (Å²) in [5.74, 6) is 0.181. The molecule has 0 unspecified atom stereocenters. The maximum Gasteiger partial charge on any atom is 0.410 e. The molecule has 0 saturated heterocycles. The van der Waals surface area contributed by atoms with E-state index in [2.05, 4.69) is 5.10 Å². The number of rotatable bonds is 1. The van der Waals surface area contributed by atoms with Gasteiger partial charge in [0.05, 0.1) is 17.9 Å². The SMILES string of the molecule is CC(C)(C)OC(=O)N1CC=C(c2cnn3cc(O)ccc23)CC1. The van der Waals surface area contributed by atoms with Gasteiger partial charge in [-0.3, -0.25) is 0 Å². The van der Waals surface area contributed by atoms with Crippen LogP contribution < -0.4 is 0 Å². The Morgan fingerprint density at radius 1 is 1.35 bits per heavy atom. The van der Waals surface area contributed by atoms with Crippen LogP contribution in [0, 0.1) is 0 Å². The highest BCUT2D eigenvalue weighted by Gasteiger charge is 2.24. The predicted octanol–water partition coefficient (Wildman–Crippen LogP) is 3.06. The smallest absolute Gasteiger partial charge is 0.410 e. The molecular formula is C17H21N3O3. The van der Waals surface area contributed by atoms with E-state index in [1.165, 1.54) is 0 Å². The fourth-order valence-corrected chi connectivity index (χ4v) is 2.63. The van der Waals surface area contributed by atoms with Crippen LogP contribution in [-0.2, 0) is 4.74 Å². The number of carbonyl (C=O) groups is 1. The van der Waals surface area contributed by atoms with Crippen LogP contribution in [0.2, 0.25) is 0 Å². The highest BCUT2D eigenvalue weighted by molar-refractivity contribution is 5.80. The minimum absolute atomic E-state index is 0.181. The molecule has 0 radical (unpaired) electrons. The minimum Gasteiger partial charge on any atom is -0.506 e. The summed E-state index contributed by atoms with van der Waals surface area (Å²) in [5.41, 5.74) is 2.66. The van der Waals surface area contributed by atoms with Crippen LogP contribution in [0.1, 0.15) is 32.8 Å². The molecule has 2 aromatic heterocycles. The molecule has 3 rings (SSSR count). The number of nitrogens with zero attached hydrogens (tertiary/aromatic N) is 3. The summed E-state index contributed by atoms with van der Waals surface area (Å²) < 4.78 is 7.06. The van der Waals surface area contributed by atoms with Gasteiger partial charge in [-0.15, -0.1) is 0 Å². The van der Waals surface area contributed by atoms with Gasteiger partial charge in [0.2, 0.25) is 0 Å². The summed E-state index contributed by atoms with van der Waals surface area (Å²) in [5, 5.41) is 13.8. The number of fused-ring (bicyclic) bond motifs is 1. The first kappa shape index (κ1) is 15.4. The molecule has 23 heavy (non-hydrogen) atoms. The second-order valence-corrected chi connectivity index (χ2v) is 6.68. The van der Waals surface area contributed by atoms with Gasteiger partial charge in [-0.2, -0.15) is 5.10 Å². The highest BCUT2D eigenvalue weighted by Crippen LogP contribution is 2.27. The topological polar surface area (TPSA) is 67.1 Å². The van der Waals surface area contributed by atoms with E-state index in [-0.39, 0.29) is 11.8 Å². The van der Waals surface area contributed by atoms with E-state index in [4.69, 9.17) is 4.74 Å². The van der Waals surface area contributed by atoms with Gasteiger partial charge in [0.1, 0.15) is 11.4 Å². The van der Waals surface area contributed by atoms with Crippen LogP contribution >= 0.6 is 0 Å². The standard InChI is InChI=1S/C17H21N3O3/c1-17(2,3)23-16(22)19-8-6-12(7-9-19)14-10-18-20-11-13(21)4-5-15(14)20/h4-6,10-11,21H,7-9H2,1-3H3. The van der Waals surface area contributed by atoms with Crippen LogP contribution in [0.5, 0.6) is 5.75 Å². The second kappa shape index (κ2) is 5.61. The molecule has 2 aromatic rings. The van der Waals surface area contributed by atoms with E-state index in [9.17, 15) is 9.90 Å². The number of hydrogen-bond acceptors (Lipinski definition) is 4.